The molecule has 1 heterocycles. The number of benzene rings is 1. The zero-order chi connectivity index (χ0) is 20.5. The van der Waals surface area contributed by atoms with E-state index in [4.69, 9.17) is 9.47 Å². The zero-order valence-corrected chi connectivity index (χ0v) is 16.3. The van der Waals surface area contributed by atoms with Crippen molar-refractivity contribution in [3.05, 3.63) is 58.9 Å². The number of amides is 3. The van der Waals surface area contributed by atoms with E-state index >= 15 is 0 Å². The number of nitrogens with zero attached hydrogens (tertiary/aromatic N) is 1. The molecule has 0 bridgehead atoms. The van der Waals surface area contributed by atoms with E-state index in [0.29, 0.717) is 18.7 Å². The van der Waals surface area contributed by atoms with Crippen LogP contribution in [-0.2, 0) is 20.8 Å². The molecule has 150 valence electrons. The van der Waals surface area contributed by atoms with Gasteiger partial charge in [-0.1, -0.05) is 30.3 Å². The molecule has 1 aromatic heterocycles. The second kappa shape index (κ2) is 10.3. The first kappa shape index (κ1) is 21.2. The maximum atomic E-state index is 12.4. The number of esters is 1. The summed E-state index contributed by atoms with van der Waals surface area (Å²) in [5.74, 6) is -1.32. The van der Waals surface area contributed by atoms with Gasteiger partial charge in [0.2, 0.25) is 0 Å². The molecule has 0 unspecified atom stereocenters. The summed E-state index contributed by atoms with van der Waals surface area (Å²) >= 11 is 0. The third-order valence-corrected chi connectivity index (χ3v) is 4.16. The van der Waals surface area contributed by atoms with E-state index in [0.717, 1.165) is 17.0 Å². The van der Waals surface area contributed by atoms with E-state index in [1.165, 1.54) is 7.11 Å². The van der Waals surface area contributed by atoms with Crippen LogP contribution in [0.4, 0.5) is 4.79 Å². The number of hydrogen-bond acceptors (Lipinski definition) is 5. The van der Waals surface area contributed by atoms with Gasteiger partial charge in [-0.2, -0.15) is 0 Å². The molecule has 0 fully saturated rings. The molecule has 0 aliphatic rings. The number of ether oxygens (including phenoxy) is 2. The minimum Gasteiger partial charge on any atom is -0.452 e. The van der Waals surface area contributed by atoms with Crippen LogP contribution < -0.4 is 10.6 Å². The van der Waals surface area contributed by atoms with E-state index in [1.54, 1.807) is 6.07 Å². The van der Waals surface area contributed by atoms with Gasteiger partial charge in [-0.25, -0.2) is 9.59 Å². The Balaban J connectivity index is 1.91. The molecule has 2 N–H and O–H groups in total. The van der Waals surface area contributed by atoms with Crippen molar-refractivity contribution in [1.82, 2.24) is 15.2 Å². The number of imide groups is 1. The van der Waals surface area contributed by atoms with Crippen LogP contribution in [0.25, 0.3) is 0 Å². The molecular weight excluding hydrogens is 362 g/mol. The molecule has 1 aromatic carbocycles. The molecular formula is C20H25N3O5. The molecule has 0 aliphatic carbocycles. The Hall–Kier alpha value is -3.13. The topological polar surface area (TPSA) is 98.7 Å². The van der Waals surface area contributed by atoms with Crippen LogP contribution in [0.3, 0.4) is 0 Å². The van der Waals surface area contributed by atoms with Gasteiger partial charge in [0.15, 0.2) is 6.61 Å². The highest BCUT2D eigenvalue weighted by atomic mass is 16.5. The van der Waals surface area contributed by atoms with Crippen LogP contribution >= 0.6 is 0 Å². The molecule has 0 aliphatic heterocycles. The van der Waals surface area contributed by atoms with Gasteiger partial charge in [-0.15, -0.1) is 0 Å². The summed E-state index contributed by atoms with van der Waals surface area (Å²) in [6, 6.07) is 11.0. The number of carbonyl (C=O) groups is 3. The molecule has 2 aromatic rings. The Kier molecular flexibility index (Phi) is 7.76. The van der Waals surface area contributed by atoms with Gasteiger partial charge >= 0.3 is 12.0 Å². The van der Waals surface area contributed by atoms with Crippen molar-refractivity contribution in [3.63, 3.8) is 0 Å². The first-order valence-electron chi connectivity index (χ1n) is 8.86. The maximum Gasteiger partial charge on any atom is 0.340 e. The Labute approximate surface area is 163 Å². The predicted molar refractivity (Wildman–Crippen MR) is 103 cm³/mol. The highest BCUT2D eigenvalue weighted by molar-refractivity contribution is 5.97. The third kappa shape index (κ3) is 5.95. The van der Waals surface area contributed by atoms with Crippen LogP contribution in [0.15, 0.2) is 36.4 Å². The van der Waals surface area contributed by atoms with Crippen molar-refractivity contribution in [1.29, 1.82) is 0 Å². The van der Waals surface area contributed by atoms with Gasteiger partial charge in [0, 0.05) is 31.6 Å². The standard InChI is InChI=1S/C20H25N3O5/c1-14-11-17(15(2)23(14)12-16-7-5-4-6-8-16)19(25)28-13-18(24)22-20(26)21-9-10-27-3/h4-8,11H,9-10,12-13H2,1-3H3,(H2,21,22,24,26). The highest BCUT2D eigenvalue weighted by Gasteiger charge is 2.18. The second-order valence-corrected chi connectivity index (χ2v) is 6.23. The van der Waals surface area contributed by atoms with Crippen LogP contribution in [-0.4, -0.2) is 49.3 Å². The Morgan fingerprint density at radius 1 is 1.11 bits per heavy atom. The van der Waals surface area contributed by atoms with Gasteiger partial charge in [-0.05, 0) is 25.5 Å². The molecule has 2 rings (SSSR count). The van der Waals surface area contributed by atoms with E-state index < -0.39 is 24.5 Å². The smallest absolute Gasteiger partial charge is 0.340 e. The highest BCUT2D eigenvalue weighted by Crippen LogP contribution is 2.18. The van der Waals surface area contributed by atoms with E-state index in [1.807, 2.05) is 48.7 Å². The normalized spacial score (nSPS) is 10.4. The van der Waals surface area contributed by atoms with Crippen LogP contribution in [0, 0.1) is 13.8 Å². The molecule has 0 atom stereocenters. The Morgan fingerprint density at radius 2 is 1.82 bits per heavy atom. The summed E-state index contributed by atoms with van der Waals surface area (Å²) in [4.78, 5) is 35.6. The lowest BCUT2D eigenvalue weighted by atomic mass is 10.2. The molecule has 0 saturated heterocycles. The summed E-state index contributed by atoms with van der Waals surface area (Å²) in [5, 5.41) is 4.52. The van der Waals surface area contributed by atoms with Crippen LogP contribution in [0.5, 0.6) is 0 Å². The lowest BCUT2D eigenvalue weighted by molar-refractivity contribution is -0.123. The predicted octanol–water partition coefficient (Wildman–Crippen LogP) is 1.78. The minimum absolute atomic E-state index is 0.267. The average molecular weight is 387 g/mol. The van der Waals surface area contributed by atoms with Gasteiger partial charge in [0.05, 0.1) is 12.2 Å². The van der Waals surface area contributed by atoms with Crippen molar-refractivity contribution in [3.8, 4) is 0 Å². The maximum absolute atomic E-state index is 12.4. The molecule has 8 heteroatoms. The minimum atomic E-state index is -0.707. The summed E-state index contributed by atoms with van der Waals surface area (Å²) < 4.78 is 11.8. The number of rotatable bonds is 8. The SMILES string of the molecule is COCCNC(=O)NC(=O)COC(=O)c1cc(C)n(Cc2ccccc2)c1C. The van der Waals surface area contributed by atoms with Crippen LogP contribution in [0.2, 0.25) is 0 Å². The first-order valence-corrected chi connectivity index (χ1v) is 8.86. The van der Waals surface area contributed by atoms with Gasteiger partial charge in [0.25, 0.3) is 5.91 Å². The Morgan fingerprint density at radius 3 is 2.50 bits per heavy atom. The largest absolute Gasteiger partial charge is 0.452 e. The second-order valence-electron chi connectivity index (χ2n) is 6.23. The number of urea groups is 1. The van der Waals surface area contributed by atoms with Gasteiger partial charge in [-0.3, -0.25) is 10.1 Å². The number of nitrogens with one attached hydrogen (secondary N) is 2. The first-order chi connectivity index (χ1) is 13.4. The van der Waals surface area contributed by atoms with Gasteiger partial charge in [0.1, 0.15) is 0 Å². The fourth-order valence-electron chi connectivity index (χ4n) is 2.70. The van der Waals surface area contributed by atoms with E-state index in [2.05, 4.69) is 10.6 Å². The zero-order valence-electron chi connectivity index (χ0n) is 16.3. The summed E-state index contributed by atoms with van der Waals surface area (Å²) in [6.07, 6.45) is 0. The summed E-state index contributed by atoms with van der Waals surface area (Å²) in [6.45, 7) is 4.42. The number of hydrogen-bond donors (Lipinski definition) is 2. The molecule has 3 amide bonds. The van der Waals surface area contributed by atoms with Crippen molar-refractivity contribution in [2.45, 2.75) is 20.4 Å². The molecule has 0 saturated carbocycles. The number of aryl methyl sites for hydroxylation is 1. The van der Waals surface area contributed by atoms with Crippen molar-refractivity contribution < 1.29 is 23.9 Å². The fourth-order valence-corrected chi connectivity index (χ4v) is 2.70. The van der Waals surface area contributed by atoms with Crippen molar-refractivity contribution in [2.75, 3.05) is 26.9 Å². The van der Waals surface area contributed by atoms with Crippen molar-refractivity contribution >= 4 is 17.9 Å². The summed E-state index contributed by atoms with van der Waals surface area (Å²) in [7, 11) is 1.50. The summed E-state index contributed by atoms with van der Waals surface area (Å²) in [5.41, 5.74) is 3.17. The molecule has 28 heavy (non-hydrogen) atoms. The lowest BCUT2D eigenvalue weighted by Gasteiger charge is -2.10. The Bertz CT molecular complexity index is 830. The number of aromatic nitrogens is 1. The quantitative estimate of drug-likeness (QED) is 0.531. The monoisotopic (exact) mass is 387 g/mol. The van der Waals surface area contributed by atoms with E-state index in [9.17, 15) is 14.4 Å². The van der Waals surface area contributed by atoms with Crippen LogP contribution in [0.1, 0.15) is 27.3 Å². The van der Waals surface area contributed by atoms with E-state index in [-0.39, 0.29) is 6.54 Å². The molecule has 0 spiro atoms. The lowest BCUT2D eigenvalue weighted by Crippen LogP contribution is -2.42. The number of carbonyl (C=O) groups excluding carboxylic acids is 3. The van der Waals surface area contributed by atoms with Crippen molar-refractivity contribution in [2.24, 2.45) is 0 Å². The number of methoxy groups -OCH3 is 1. The third-order valence-electron chi connectivity index (χ3n) is 4.16. The molecule has 8 nitrogen and oxygen atoms in total. The molecule has 0 radical (unpaired) electrons. The van der Waals surface area contributed by atoms with Gasteiger partial charge < -0.3 is 19.4 Å². The average Bonchev–Trinajstić information content (AvgIpc) is 2.95. The fraction of sp³-hybridized carbons (Fsp3) is 0.350.